The van der Waals surface area contributed by atoms with Gasteiger partial charge in [0.25, 0.3) is 5.78 Å². The van der Waals surface area contributed by atoms with E-state index in [0.29, 0.717) is 39.9 Å². The number of aromatic nitrogens is 1. The summed E-state index contributed by atoms with van der Waals surface area (Å²) in [6, 6.07) is 20.5. The highest BCUT2D eigenvalue weighted by molar-refractivity contribution is 7.22. The van der Waals surface area contributed by atoms with Gasteiger partial charge in [-0.15, -0.1) is 0 Å². The van der Waals surface area contributed by atoms with Gasteiger partial charge in [-0.05, 0) is 55.0 Å². The lowest BCUT2D eigenvalue weighted by Gasteiger charge is -2.22. The molecule has 176 valence electrons. The van der Waals surface area contributed by atoms with Crippen LogP contribution in [0.1, 0.15) is 24.1 Å². The number of carbonyl (C=O) groups is 2. The fourth-order valence-electron chi connectivity index (χ4n) is 4.13. The van der Waals surface area contributed by atoms with Crippen molar-refractivity contribution in [1.29, 1.82) is 0 Å². The van der Waals surface area contributed by atoms with Crippen LogP contribution in [0.15, 0.2) is 78.4 Å². The molecule has 5 rings (SSSR count). The van der Waals surface area contributed by atoms with Crippen molar-refractivity contribution in [2.75, 3.05) is 18.6 Å². The number of rotatable bonds is 6. The molecule has 1 fully saturated rings. The minimum atomic E-state index is -0.828. The lowest BCUT2D eigenvalue weighted by atomic mass is 9.95. The van der Waals surface area contributed by atoms with Gasteiger partial charge in [-0.25, -0.2) is 4.98 Å². The van der Waals surface area contributed by atoms with Crippen LogP contribution >= 0.6 is 11.3 Å². The molecule has 3 aromatic carbocycles. The van der Waals surface area contributed by atoms with Crippen LogP contribution < -0.4 is 14.4 Å². The molecule has 1 aliphatic heterocycles. The van der Waals surface area contributed by atoms with E-state index < -0.39 is 17.7 Å². The van der Waals surface area contributed by atoms with E-state index in [9.17, 15) is 14.7 Å². The number of nitrogens with zero attached hydrogens (tertiary/aromatic N) is 2. The monoisotopic (exact) mass is 486 g/mol. The third-order valence-electron chi connectivity index (χ3n) is 5.79. The largest absolute Gasteiger partial charge is 0.507 e. The van der Waals surface area contributed by atoms with E-state index in [2.05, 4.69) is 4.98 Å². The van der Waals surface area contributed by atoms with Crippen molar-refractivity contribution in [2.45, 2.75) is 13.0 Å². The molecule has 7 nitrogen and oxygen atoms in total. The maximum Gasteiger partial charge on any atom is 0.301 e. The van der Waals surface area contributed by atoms with E-state index >= 15 is 0 Å². The molecule has 0 unspecified atom stereocenters. The number of aliphatic hydroxyl groups excluding tert-OH is 1. The second-order valence-corrected chi connectivity index (χ2v) is 8.88. The first-order chi connectivity index (χ1) is 17.0. The normalized spacial score (nSPS) is 17.2. The zero-order chi connectivity index (χ0) is 24.5. The van der Waals surface area contributed by atoms with Crippen LogP contribution in [0.25, 0.3) is 16.0 Å². The number of methoxy groups -OCH3 is 1. The van der Waals surface area contributed by atoms with Crippen molar-refractivity contribution in [3.63, 3.8) is 0 Å². The standard InChI is InChI=1S/C27H22N2O5S/c1-3-34-18-11-9-17(10-12-18)24(30)22-23(16-7-5-4-6-8-16)29(26(32)25(22)31)27-28-20-14-13-19(33-2)15-21(20)35-27/h4-15,23,30H,3H2,1-2H3/t23-/m0/s1. The van der Waals surface area contributed by atoms with E-state index in [0.717, 1.165) is 4.70 Å². The van der Waals surface area contributed by atoms with E-state index in [-0.39, 0.29) is 11.3 Å². The number of benzene rings is 3. The van der Waals surface area contributed by atoms with Crippen molar-refractivity contribution in [3.8, 4) is 11.5 Å². The Morgan fingerprint density at radius 2 is 1.74 bits per heavy atom. The van der Waals surface area contributed by atoms with Gasteiger partial charge in [-0.1, -0.05) is 41.7 Å². The minimum absolute atomic E-state index is 0.0159. The number of ketones is 1. The Morgan fingerprint density at radius 3 is 2.43 bits per heavy atom. The molecule has 0 spiro atoms. The van der Waals surface area contributed by atoms with Crippen molar-refractivity contribution >= 4 is 44.1 Å². The molecule has 2 heterocycles. The number of anilines is 1. The predicted molar refractivity (Wildman–Crippen MR) is 135 cm³/mol. The van der Waals surface area contributed by atoms with Gasteiger partial charge in [-0.3, -0.25) is 14.5 Å². The van der Waals surface area contributed by atoms with Crippen molar-refractivity contribution < 1.29 is 24.2 Å². The van der Waals surface area contributed by atoms with Crippen molar-refractivity contribution in [2.24, 2.45) is 0 Å². The molecule has 0 saturated carbocycles. The van der Waals surface area contributed by atoms with E-state index in [4.69, 9.17) is 9.47 Å². The summed E-state index contributed by atoms with van der Waals surface area (Å²) < 4.78 is 11.6. The first-order valence-electron chi connectivity index (χ1n) is 11.1. The lowest BCUT2D eigenvalue weighted by molar-refractivity contribution is -0.132. The van der Waals surface area contributed by atoms with Gasteiger partial charge in [0.1, 0.15) is 17.3 Å². The zero-order valence-electron chi connectivity index (χ0n) is 19.1. The summed E-state index contributed by atoms with van der Waals surface area (Å²) in [6.07, 6.45) is 0. The summed E-state index contributed by atoms with van der Waals surface area (Å²) in [5.41, 5.74) is 1.81. The molecule has 8 heteroatoms. The Kier molecular flexibility index (Phi) is 5.96. The summed E-state index contributed by atoms with van der Waals surface area (Å²) in [5.74, 6) is -0.427. The van der Waals surface area contributed by atoms with E-state index in [1.807, 2.05) is 49.4 Å². The van der Waals surface area contributed by atoms with Gasteiger partial charge in [0.2, 0.25) is 0 Å². The fourth-order valence-corrected chi connectivity index (χ4v) is 5.16. The molecule has 0 bridgehead atoms. The zero-order valence-corrected chi connectivity index (χ0v) is 19.9. The average Bonchev–Trinajstić information content (AvgIpc) is 3.42. The first-order valence-corrected chi connectivity index (χ1v) is 11.9. The van der Waals surface area contributed by atoms with Crippen LogP contribution in [0, 0.1) is 0 Å². The molecule has 1 amide bonds. The van der Waals surface area contributed by atoms with Gasteiger partial charge in [0, 0.05) is 5.56 Å². The third-order valence-corrected chi connectivity index (χ3v) is 6.81. The Labute approximate surface area is 205 Å². The quantitative estimate of drug-likeness (QED) is 0.225. The second-order valence-electron chi connectivity index (χ2n) is 7.87. The second kappa shape index (κ2) is 9.23. The third kappa shape index (κ3) is 4.02. The molecule has 1 aliphatic rings. The Bertz CT molecular complexity index is 1440. The van der Waals surface area contributed by atoms with Crippen LogP contribution in [-0.4, -0.2) is 35.5 Å². The summed E-state index contributed by atoms with van der Waals surface area (Å²) in [6.45, 7) is 2.39. The lowest BCUT2D eigenvalue weighted by Crippen LogP contribution is -2.29. The number of hydrogen-bond donors (Lipinski definition) is 1. The van der Waals surface area contributed by atoms with Gasteiger partial charge in [-0.2, -0.15) is 0 Å². The predicted octanol–water partition coefficient (Wildman–Crippen LogP) is 5.33. The van der Waals surface area contributed by atoms with Crippen molar-refractivity contribution in [1.82, 2.24) is 4.98 Å². The van der Waals surface area contributed by atoms with Crippen LogP contribution in [0.4, 0.5) is 5.13 Å². The minimum Gasteiger partial charge on any atom is -0.507 e. The first kappa shape index (κ1) is 22.6. The summed E-state index contributed by atoms with van der Waals surface area (Å²) in [5, 5.41) is 11.6. The van der Waals surface area contributed by atoms with Gasteiger partial charge < -0.3 is 14.6 Å². The number of hydrogen-bond acceptors (Lipinski definition) is 7. The maximum atomic E-state index is 13.3. The molecule has 1 N–H and O–H groups in total. The number of carbonyl (C=O) groups excluding carboxylic acids is 2. The molecular weight excluding hydrogens is 464 g/mol. The number of ether oxygens (including phenoxy) is 2. The fraction of sp³-hybridized carbons (Fsp3) is 0.148. The number of aliphatic hydroxyl groups is 1. The Hall–Kier alpha value is -4.17. The highest BCUT2D eigenvalue weighted by Crippen LogP contribution is 2.44. The molecule has 0 aliphatic carbocycles. The van der Waals surface area contributed by atoms with Crippen LogP contribution in [-0.2, 0) is 9.59 Å². The summed E-state index contributed by atoms with van der Waals surface area (Å²) >= 11 is 1.29. The summed E-state index contributed by atoms with van der Waals surface area (Å²) in [4.78, 5) is 32.6. The molecule has 1 saturated heterocycles. The number of thiazole rings is 1. The van der Waals surface area contributed by atoms with Crippen LogP contribution in [0.5, 0.6) is 11.5 Å². The number of Topliss-reactive ketones (excluding diaryl/α,β-unsaturated/α-hetero) is 1. The molecular formula is C27H22N2O5S. The van der Waals surface area contributed by atoms with Crippen LogP contribution in [0.2, 0.25) is 0 Å². The molecule has 35 heavy (non-hydrogen) atoms. The number of fused-ring (bicyclic) bond motifs is 1. The molecule has 4 aromatic rings. The van der Waals surface area contributed by atoms with Gasteiger partial charge in [0.15, 0.2) is 5.13 Å². The smallest absolute Gasteiger partial charge is 0.301 e. The average molecular weight is 487 g/mol. The summed E-state index contributed by atoms with van der Waals surface area (Å²) in [7, 11) is 1.58. The van der Waals surface area contributed by atoms with E-state index in [1.54, 1.807) is 37.4 Å². The van der Waals surface area contributed by atoms with E-state index in [1.165, 1.54) is 16.2 Å². The SMILES string of the molecule is CCOc1ccc(C(O)=C2C(=O)C(=O)N(c3nc4ccc(OC)cc4s3)[C@H]2c2ccccc2)cc1. The van der Waals surface area contributed by atoms with Crippen LogP contribution in [0.3, 0.4) is 0 Å². The molecule has 1 aromatic heterocycles. The maximum absolute atomic E-state index is 13.3. The van der Waals surface area contributed by atoms with Gasteiger partial charge in [0.05, 0.1) is 35.5 Å². The highest BCUT2D eigenvalue weighted by Gasteiger charge is 2.48. The topological polar surface area (TPSA) is 89.0 Å². The molecule has 0 radical (unpaired) electrons. The Morgan fingerprint density at radius 1 is 1.03 bits per heavy atom. The number of amides is 1. The van der Waals surface area contributed by atoms with Crippen molar-refractivity contribution in [3.05, 3.63) is 89.5 Å². The van der Waals surface area contributed by atoms with Gasteiger partial charge >= 0.3 is 5.91 Å². The Balaban J connectivity index is 1.66. The highest BCUT2D eigenvalue weighted by atomic mass is 32.1. The molecule has 1 atom stereocenters.